The lowest BCUT2D eigenvalue weighted by atomic mass is 10.1. The number of carbonyl (C=O) groups is 1. The summed E-state index contributed by atoms with van der Waals surface area (Å²) in [5.74, 6) is 0. The van der Waals surface area contributed by atoms with Crippen LogP contribution in [0.4, 0.5) is 4.79 Å². The molecule has 1 fully saturated rings. The van der Waals surface area contributed by atoms with Gasteiger partial charge in [0, 0.05) is 26.2 Å². The van der Waals surface area contributed by atoms with Crippen molar-refractivity contribution >= 4 is 26.2 Å². The van der Waals surface area contributed by atoms with Crippen molar-refractivity contribution in [2.45, 2.75) is 42.9 Å². The van der Waals surface area contributed by atoms with Gasteiger partial charge in [-0.1, -0.05) is 13.8 Å². The number of rotatable bonds is 6. The Labute approximate surface area is 154 Å². The second-order valence-electron chi connectivity index (χ2n) is 5.91. The number of sulfonamides is 1. The van der Waals surface area contributed by atoms with Crippen molar-refractivity contribution in [3.05, 3.63) is 24.3 Å². The SMILES string of the molecule is CCN(CC)S(=O)(=O)c1ccc(S(=O)(=O)OC(=O)N2CCCCC2)cc1. The number of piperidine rings is 1. The highest BCUT2D eigenvalue weighted by Crippen LogP contribution is 2.20. The molecule has 0 aromatic heterocycles. The Morgan fingerprint density at radius 1 is 0.962 bits per heavy atom. The van der Waals surface area contributed by atoms with Crippen LogP contribution in [-0.2, 0) is 24.3 Å². The van der Waals surface area contributed by atoms with E-state index >= 15 is 0 Å². The highest BCUT2D eigenvalue weighted by molar-refractivity contribution is 7.89. The molecule has 0 saturated carbocycles. The minimum absolute atomic E-state index is 0.0116. The summed E-state index contributed by atoms with van der Waals surface area (Å²) >= 11 is 0. The van der Waals surface area contributed by atoms with Crippen LogP contribution in [-0.4, -0.2) is 58.3 Å². The van der Waals surface area contributed by atoms with E-state index in [-0.39, 0.29) is 9.79 Å². The van der Waals surface area contributed by atoms with Gasteiger partial charge in [-0.15, -0.1) is 0 Å². The number of amides is 1. The third-order valence-corrected chi connectivity index (χ3v) is 7.53. The monoisotopic (exact) mass is 404 g/mol. The van der Waals surface area contributed by atoms with Crippen molar-refractivity contribution in [1.82, 2.24) is 9.21 Å². The van der Waals surface area contributed by atoms with Gasteiger partial charge in [-0.05, 0) is 43.5 Å². The Kier molecular flexibility index (Phi) is 6.64. The predicted molar refractivity (Wildman–Crippen MR) is 95.6 cm³/mol. The minimum Gasteiger partial charge on any atom is -0.324 e. The predicted octanol–water partition coefficient (Wildman–Crippen LogP) is 2.03. The molecule has 1 heterocycles. The van der Waals surface area contributed by atoms with E-state index in [9.17, 15) is 21.6 Å². The van der Waals surface area contributed by atoms with Crippen molar-refractivity contribution in [3.8, 4) is 0 Å². The zero-order valence-electron chi connectivity index (χ0n) is 14.9. The summed E-state index contributed by atoms with van der Waals surface area (Å²) in [4.78, 5) is 13.1. The molecule has 1 aromatic rings. The fourth-order valence-corrected chi connectivity index (χ4v) is 5.08. The molecule has 0 atom stereocenters. The van der Waals surface area contributed by atoms with E-state index in [2.05, 4.69) is 4.18 Å². The van der Waals surface area contributed by atoms with Crippen LogP contribution in [0.25, 0.3) is 0 Å². The van der Waals surface area contributed by atoms with E-state index in [0.29, 0.717) is 26.2 Å². The van der Waals surface area contributed by atoms with Crippen molar-refractivity contribution in [1.29, 1.82) is 0 Å². The molecule has 0 aliphatic carbocycles. The number of hydrogen-bond acceptors (Lipinski definition) is 6. The normalized spacial score (nSPS) is 15.9. The minimum atomic E-state index is -4.30. The van der Waals surface area contributed by atoms with Crippen molar-refractivity contribution < 1.29 is 25.8 Å². The highest BCUT2D eigenvalue weighted by Gasteiger charge is 2.27. The maximum absolute atomic E-state index is 12.4. The van der Waals surface area contributed by atoms with Gasteiger partial charge in [0.1, 0.15) is 4.90 Å². The average molecular weight is 405 g/mol. The van der Waals surface area contributed by atoms with E-state index < -0.39 is 26.2 Å². The molecule has 0 N–H and O–H groups in total. The largest absolute Gasteiger partial charge is 0.425 e. The third kappa shape index (κ3) is 4.54. The molecule has 1 aromatic carbocycles. The van der Waals surface area contributed by atoms with Gasteiger partial charge in [-0.3, -0.25) is 0 Å². The summed E-state index contributed by atoms with van der Waals surface area (Å²) in [5.41, 5.74) is 0. The maximum Gasteiger partial charge on any atom is 0.425 e. The quantitative estimate of drug-likeness (QED) is 0.673. The lowest BCUT2D eigenvalue weighted by molar-refractivity contribution is 0.145. The number of hydrogen-bond donors (Lipinski definition) is 0. The van der Waals surface area contributed by atoms with Crippen LogP contribution in [0, 0.1) is 0 Å². The van der Waals surface area contributed by atoms with Gasteiger partial charge in [0.15, 0.2) is 0 Å². The Hall–Kier alpha value is -1.65. The Bertz CT molecular complexity index is 824. The van der Waals surface area contributed by atoms with Crippen LogP contribution >= 0.6 is 0 Å². The Morgan fingerprint density at radius 2 is 1.46 bits per heavy atom. The maximum atomic E-state index is 12.4. The molecule has 1 amide bonds. The van der Waals surface area contributed by atoms with Crippen molar-refractivity contribution in [2.24, 2.45) is 0 Å². The molecule has 1 aliphatic rings. The zero-order valence-corrected chi connectivity index (χ0v) is 16.6. The Morgan fingerprint density at radius 3 is 1.96 bits per heavy atom. The van der Waals surface area contributed by atoms with Crippen LogP contribution in [0.1, 0.15) is 33.1 Å². The van der Waals surface area contributed by atoms with Gasteiger partial charge in [0.05, 0.1) is 4.90 Å². The molecule has 1 saturated heterocycles. The summed E-state index contributed by atoms with van der Waals surface area (Å²) in [6, 6.07) is 4.68. The number of nitrogens with zero attached hydrogens (tertiary/aromatic N) is 2. The molecule has 146 valence electrons. The van der Waals surface area contributed by atoms with Crippen LogP contribution < -0.4 is 0 Å². The second kappa shape index (κ2) is 8.36. The standard InChI is InChI=1S/C16H24N2O6S2/c1-3-18(4-2)25(20,21)14-8-10-15(11-9-14)26(22,23)24-16(19)17-12-6-5-7-13-17/h8-11H,3-7,12-13H2,1-2H3. The molecule has 1 aliphatic heterocycles. The average Bonchev–Trinajstić information content (AvgIpc) is 2.63. The van der Waals surface area contributed by atoms with Gasteiger partial charge in [-0.2, -0.15) is 12.7 Å². The van der Waals surface area contributed by atoms with E-state index in [4.69, 9.17) is 0 Å². The topological polar surface area (TPSA) is 101 Å². The van der Waals surface area contributed by atoms with Crippen LogP contribution in [0.5, 0.6) is 0 Å². The first kappa shape index (κ1) is 20.7. The molecule has 2 rings (SSSR count). The van der Waals surface area contributed by atoms with Gasteiger partial charge in [0.2, 0.25) is 10.0 Å². The highest BCUT2D eigenvalue weighted by atomic mass is 32.2. The molecule has 26 heavy (non-hydrogen) atoms. The molecular formula is C16H24N2O6S2. The van der Waals surface area contributed by atoms with Crippen molar-refractivity contribution in [3.63, 3.8) is 0 Å². The fraction of sp³-hybridized carbons (Fsp3) is 0.562. The molecule has 0 bridgehead atoms. The summed E-state index contributed by atoms with van der Waals surface area (Å²) in [6.07, 6.45) is 1.73. The first-order chi connectivity index (χ1) is 12.2. The third-order valence-electron chi connectivity index (χ3n) is 4.25. The zero-order chi connectivity index (χ0) is 19.4. The molecule has 0 unspecified atom stereocenters. The van der Waals surface area contributed by atoms with Crippen LogP contribution in [0.15, 0.2) is 34.1 Å². The van der Waals surface area contributed by atoms with Gasteiger partial charge in [-0.25, -0.2) is 13.2 Å². The van der Waals surface area contributed by atoms with Crippen LogP contribution in [0.3, 0.4) is 0 Å². The number of carbonyl (C=O) groups excluding carboxylic acids is 1. The summed E-state index contributed by atoms with van der Waals surface area (Å²) in [6.45, 7) is 5.00. The fourth-order valence-electron chi connectivity index (χ4n) is 2.76. The molecule has 0 spiro atoms. The first-order valence-corrected chi connectivity index (χ1v) is 11.4. The van der Waals surface area contributed by atoms with Crippen molar-refractivity contribution in [2.75, 3.05) is 26.2 Å². The van der Waals surface area contributed by atoms with E-state index in [1.807, 2.05) is 0 Å². The summed E-state index contributed by atoms with van der Waals surface area (Å²) in [5, 5.41) is 0. The molecule has 10 heteroatoms. The van der Waals surface area contributed by atoms with E-state index in [1.54, 1.807) is 13.8 Å². The molecule has 0 radical (unpaired) electrons. The van der Waals surface area contributed by atoms with Gasteiger partial charge in [0.25, 0.3) is 0 Å². The van der Waals surface area contributed by atoms with Crippen LogP contribution in [0.2, 0.25) is 0 Å². The smallest absolute Gasteiger partial charge is 0.324 e. The Balaban J connectivity index is 2.17. The van der Waals surface area contributed by atoms with Gasteiger partial charge >= 0.3 is 16.2 Å². The van der Waals surface area contributed by atoms with Gasteiger partial charge < -0.3 is 9.08 Å². The molecule has 8 nitrogen and oxygen atoms in total. The number of benzene rings is 1. The van der Waals surface area contributed by atoms with E-state index in [1.165, 1.54) is 21.3 Å². The number of likely N-dealkylation sites (tertiary alicyclic amines) is 1. The summed E-state index contributed by atoms with van der Waals surface area (Å²) < 4.78 is 55.3. The van der Waals surface area contributed by atoms with E-state index in [0.717, 1.165) is 31.4 Å². The molecular weight excluding hydrogens is 380 g/mol. The lowest BCUT2D eigenvalue weighted by Crippen LogP contribution is -2.37. The lowest BCUT2D eigenvalue weighted by Gasteiger charge is -2.25. The second-order valence-corrected chi connectivity index (χ2v) is 9.40. The first-order valence-electron chi connectivity index (χ1n) is 8.56. The summed E-state index contributed by atoms with van der Waals surface area (Å²) in [7, 11) is -7.98.